The van der Waals surface area contributed by atoms with Gasteiger partial charge in [-0.25, -0.2) is 0 Å². The van der Waals surface area contributed by atoms with Gasteiger partial charge in [-0.2, -0.15) is 0 Å². The average Bonchev–Trinajstić information content (AvgIpc) is 2.81. The fourth-order valence-corrected chi connectivity index (χ4v) is 4.31. The van der Waals surface area contributed by atoms with Crippen LogP contribution < -0.4 is 9.64 Å². The molecule has 0 bridgehead atoms. The molecule has 0 aliphatic heterocycles. The molecule has 0 amide bonds. The van der Waals surface area contributed by atoms with Crippen LogP contribution in [0.15, 0.2) is 60.7 Å². The predicted molar refractivity (Wildman–Crippen MR) is 141 cm³/mol. The lowest BCUT2D eigenvalue weighted by atomic mass is 10.0. The lowest BCUT2D eigenvalue weighted by Crippen LogP contribution is -2.14. The lowest BCUT2D eigenvalue weighted by molar-refractivity contribution is 0.446. The van der Waals surface area contributed by atoms with Crippen molar-refractivity contribution in [3.05, 3.63) is 94.0 Å². The summed E-state index contributed by atoms with van der Waals surface area (Å²) in [6, 6.07) is 18.0. The van der Waals surface area contributed by atoms with Crippen LogP contribution >= 0.6 is 0 Å². The molecule has 0 aliphatic carbocycles. The molecular weight excluding hydrogens is 438 g/mol. The van der Waals surface area contributed by atoms with Gasteiger partial charge >= 0.3 is 0 Å². The van der Waals surface area contributed by atoms with Gasteiger partial charge in [0.25, 0.3) is 0 Å². The summed E-state index contributed by atoms with van der Waals surface area (Å²) in [5.74, 6) is 1.63. The van der Waals surface area contributed by atoms with E-state index in [9.17, 15) is 15.3 Å². The van der Waals surface area contributed by atoms with Gasteiger partial charge in [-0.3, -0.25) is 0 Å². The zero-order valence-electron chi connectivity index (χ0n) is 21.0. The van der Waals surface area contributed by atoms with E-state index < -0.39 is 0 Å². The van der Waals surface area contributed by atoms with E-state index in [1.54, 1.807) is 30.3 Å². The van der Waals surface area contributed by atoms with Crippen LogP contribution in [0.2, 0.25) is 0 Å². The van der Waals surface area contributed by atoms with Gasteiger partial charge in [-0.1, -0.05) is 18.2 Å². The van der Waals surface area contributed by atoms with Gasteiger partial charge in [-0.15, -0.1) is 0 Å². The van der Waals surface area contributed by atoms with Gasteiger partial charge in [0.05, 0.1) is 17.1 Å². The smallest absolute Gasteiger partial charge is 0.151 e. The standard InChI is InChI=1S/C30H31NO4/c1-17-11-12-28(34)22(6)30(17)35-29-10-8-7-9-25(29)31(26-15-23(32)13-18(2)20(26)4)27-16-24(33)14-19(3)21(27)5/h7-16,32-34H,1-6H3. The number of hydrogen-bond acceptors (Lipinski definition) is 5. The maximum atomic E-state index is 10.5. The molecular formula is C30H31NO4. The van der Waals surface area contributed by atoms with Crippen molar-refractivity contribution in [1.82, 2.24) is 0 Å². The van der Waals surface area contributed by atoms with Crippen molar-refractivity contribution in [2.24, 2.45) is 0 Å². The van der Waals surface area contributed by atoms with E-state index in [1.165, 1.54) is 0 Å². The Morgan fingerprint density at radius 2 is 1.11 bits per heavy atom. The molecule has 0 spiro atoms. The number of aryl methyl sites for hydroxylation is 3. The highest BCUT2D eigenvalue weighted by molar-refractivity contribution is 5.85. The highest BCUT2D eigenvalue weighted by Crippen LogP contribution is 2.47. The van der Waals surface area contributed by atoms with Crippen molar-refractivity contribution in [3.63, 3.8) is 0 Å². The first-order chi connectivity index (χ1) is 16.6. The van der Waals surface area contributed by atoms with Crippen LogP contribution in [0.3, 0.4) is 0 Å². The maximum absolute atomic E-state index is 10.5. The number of anilines is 3. The van der Waals surface area contributed by atoms with Crippen LogP contribution in [0.1, 0.15) is 33.4 Å². The Bertz CT molecular complexity index is 1370. The third kappa shape index (κ3) is 4.50. The zero-order valence-corrected chi connectivity index (χ0v) is 21.0. The first kappa shape index (κ1) is 24.0. The molecule has 0 fully saturated rings. The van der Waals surface area contributed by atoms with Crippen LogP contribution in [0.5, 0.6) is 28.7 Å². The molecule has 180 valence electrons. The van der Waals surface area contributed by atoms with E-state index in [0.717, 1.165) is 44.9 Å². The number of benzene rings is 4. The van der Waals surface area contributed by atoms with Crippen molar-refractivity contribution in [3.8, 4) is 28.7 Å². The third-order valence-electron chi connectivity index (χ3n) is 6.62. The summed E-state index contributed by atoms with van der Waals surface area (Å²) in [4.78, 5) is 2.01. The van der Waals surface area contributed by atoms with Crippen LogP contribution in [-0.4, -0.2) is 15.3 Å². The number of para-hydroxylation sites is 2. The molecule has 5 heteroatoms. The fraction of sp³-hybridized carbons (Fsp3) is 0.200. The molecule has 0 saturated heterocycles. The van der Waals surface area contributed by atoms with Gasteiger partial charge in [0.2, 0.25) is 0 Å². The normalized spacial score (nSPS) is 10.9. The number of aromatic hydroxyl groups is 3. The monoisotopic (exact) mass is 469 g/mol. The van der Waals surface area contributed by atoms with Gasteiger partial charge < -0.3 is 25.0 Å². The Morgan fingerprint density at radius 1 is 0.571 bits per heavy atom. The molecule has 4 rings (SSSR count). The van der Waals surface area contributed by atoms with Gasteiger partial charge in [0.15, 0.2) is 5.75 Å². The first-order valence-electron chi connectivity index (χ1n) is 11.5. The molecule has 0 saturated carbocycles. The van der Waals surface area contributed by atoms with Crippen molar-refractivity contribution in [2.45, 2.75) is 41.5 Å². The van der Waals surface area contributed by atoms with Gasteiger partial charge in [0, 0.05) is 17.7 Å². The molecule has 0 aromatic heterocycles. The van der Waals surface area contributed by atoms with E-state index in [-0.39, 0.29) is 17.2 Å². The molecule has 35 heavy (non-hydrogen) atoms. The van der Waals surface area contributed by atoms with E-state index in [4.69, 9.17) is 4.74 Å². The maximum Gasteiger partial charge on any atom is 0.151 e. The quantitative estimate of drug-likeness (QED) is 0.277. The van der Waals surface area contributed by atoms with Crippen LogP contribution in [0.4, 0.5) is 17.1 Å². The zero-order chi connectivity index (χ0) is 25.4. The molecule has 0 aliphatic rings. The Labute approximate surface area is 206 Å². The predicted octanol–water partition coefficient (Wildman–Crippen LogP) is 7.92. The van der Waals surface area contributed by atoms with Crippen LogP contribution in [0.25, 0.3) is 0 Å². The minimum atomic E-state index is 0.153. The Balaban J connectivity index is 2.01. The molecule has 0 heterocycles. The van der Waals surface area contributed by atoms with Crippen molar-refractivity contribution in [2.75, 3.05) is 4.90 Å². The highest BCUT2D eigenvalue weighted by atomic mass is 16.5. The average molecular weight is 470 g/mol. The van der Waals surface area contributed by atoms with Crippen molar-refractivity contribution >= 4 is 17.1 Å². The molecule has 4 aromatic rings. The Hall–Kier alpha value is -4.12. The molecule has 0 unspecified atom stereocenters. The molecule has 0 radical (unpaired) electrons. The summed E-state index contributed by atoms with van der Waals surface area (Å²) in [6.45, 7) is 11.7. The lowest BCUT2D eigenvalue weighted by Gasteiger charge is -2.31. The van der Waals surface area contributed by atoms with Crippen LogP contribution in [-0.2, 0) is 0 Å². The summed E-state index contributed by atoms with van der Waals surface area (Å²) in [7, 11) is 0. The fourth-order valence-electron chi connectivity index (χ4n) is 4.31. The SMILES string of the molecule is Cc1cc(O)cc(N(c2ccccc2Oc2c(C)ccc(O)c2C)c2cc(O)cc(C)c2C)c1C. The highest BCUT2D eigenvalue weighted by Gasteiger charge is 2.23. The largest absolute Gasteiger partial charge is 0.508 e. The number of phenols is 3. The minimum absolute atomic E-state index is 0.153. The number of hydrogen-bond donors (Lipinski definition) is 3. The first-order valence-corrected chi connectivity index (χ1v) is 11.5. The molecule has 4 aromatic carbocycles. The van der Waals surface area contributed by atoms with E-state index in [2.05, 4.69) is 0 Å². The topological polar surface area (TPSA) is 73.2 Å². The second kappa shape index (κ2) is 9.26. The summed E-state index contributed by atoms with van der Waals surface area (Å²) >= 11 is 0. The minimum Gasteiger partial charge on any atom is -0.508 e. The van der Waals surface area contributed by atoms with Gasteiger partial charge in [-0.05, 0) is 99.7 Å². The number of phenolic OH excluding ortho intramolecular Hbond substituents is 3. The number of rotatable bonds is 5. The number of nitrogens with zero attached hydrogens (tertiary/aromatic N) is 1. The molecule has 5 nitrogen and oxygen atoms in total. The summed E-state index contributed by atoms with van der Waals surface area (Å²) in [5, 5.41) is 31.3. The van der Waals surface area contributed by atoms with E-state index in [1.807, 2.05) is 76.8 Å². The number of ether oxygens (including phenoxy) is 1. The van der Waals surface area contributed by atoms with E-state index >= 15 is 0 Å². The second-order valence-electron chi connectivity index (χ2n) is 9.07. The third-order valence-corrected chi connectivity index (χ3v) is 6.62. The molecule has 3 N–H and O–H groups in total. The summed E-state index contributed by atoms with van der Waals surface area (Å²) < 4.78 is 6.45. The summed E-state index contributed by atoms with van der Waals surface area (Å²) in [5.41, 5.74) is 7.69. The van der Waals surface area contributed by atoms with Crippen molar-refractivity contribution < 1.29 is 20.1 Å². The second-order valence-corrected chi connectivity index (χ2v) is 9.07. The van der Waals surface area contributed by atoms with Crippen molar-refractivity contribution in [1.29, 1.82) is 0 Å². The van der Waals surface area contributed by atoms with E-state index in [0.29, 0.717) is 17.1 Å². The molecule has 0 atom stereocenters. The van der Waals surface area contributed by atoms with Crippen LogP contribution in [0, 0.1) is 41.5 Å². The summed E-state index contributed by atoms with van der Waals surface area (Å²) in [6.07, 6.45) is 0. The van der Waals surface area contributed by atoms with Gasteiger partial charge in [0.1, 0.15) is 23.0 Å². The Morgan fingerprint density at radius 3 is 1.69 bits per heavy atom. The Kier molecular flexibility index (Phi) is 6.35.